The first-order valence-corrected chi connectivity index (χ1v) is 6.33. The minimum atomic E-state index is -1.04. The van der Waals surface area contributed by atoms with E-state index in [0.717, 1.165) is 11.8 Å². The van der Waals surface area contributed by atoms with Crippen LogP contribution in [0.1, 0.15) is 26.3 Å². The number of hydrogen-bond donors (Lipinski definition) is 1. The quantitative estimate of drug-likeness (QED) is 0.904. The Hall–Kier alpha value is -2.89. The van der Waals surface area contributed by atoms with Gasteiger partial charge in [0.2, 0.25) is 0 Å². The van der Waals surface area contributed by atoms with E-state index in [1.165, 1.54) is 29.2 Å². The maximum absolute atomic E-state index is 12.4. The molecule has 0 bridgehead atoms. The first-order valence-electron chi connectivity index (χ1n) is 6.33. The summed E-state index contributed by atoms with van der Waals surface area (Å²) < 4.78 is 4.69. The maximum Gasteiger partial charge on any atom is 0.335 e. The van der Waals surface area contributed by atoms with Gasteiger partial charge in [0, 0.05) is 18.3 Å². The van der Waals surface area contributed by atoms with Crippen molar-refractivity contribution in [1.82, 2.24) is 0 Å². The number of benzene rings is 1. The summed E-state index contributed by atoms with van der Waals surface area (Å²) in [6, 6.07) is 7.31. The summed E-state index contributed by atoms with van der Waals surface area (Å²) in [4.78, 5) is 35.9. The molecule has 2 aromatic rings. The van der Waals surface area contributed by atoms with Crippen LogP contribution in [0.2, 0.25) is 0 Å². The molecule has 1 aliphatic heterocycles. The van der Waals surface area contributed by atoms with Crippen molar-refractivity contribution in [2.24, 2.45) is 0 Å². The molecular weight excluding hydrogens is 274 g/mol. The molecule has 0 fully saturated rings. The predicted octanol–water partition coefficient (Wildman–Crippen LogP) is 1.54. The number of carboxylic acid groups (broad SMARTS) is 1. The Kier molecular flexibility index (Phi) is 3.06. The lowest BCUT2D eigenvalue weighted by Crippen LogP contribution is -2.29. The Balaban J connectivity index is 1.98. The van der Waals surface area contributed by atoms with Gasteiger partial charge in [-0.2, -0.15) is 0 Å². The lowest BCUT2D eigenvalue weighted by atomic mass is 10.1. The molecule has 1 aromatic heterocycles. The van der Waals surface area contributed by atoms with Crippen molar-refractivity contribution in [2.45, 2.75) is 6.42 Å². The van der Waals surface area contributed by atoms with Gasteiger partial charge in [-0.05, 0) is 30.2 Å². The van der Waals surface area contributed by atoms with E-state index in [9.17, 15) is 14.4 Å². The molecule has 0 spiro atoms. The van der Waals surface area contributed by atoms with E-state index in [1.807, 2.05) is 0 Å². The van der Waals surface area contributed by atoms with Crippen molar-refractivity contribution in [3.8, 4) is 0 Å². The normalized spacial score (nSPS) is 13.0. The zero-order valence-electron chi connectivity index (χ0n) is 10.9. The molecule has 0 aliphatic carbocycles. The average molecular weight is 285 g/mol. The Morgan fingerprint density at radius 2 is 1.90 bits per heavy atom. The summed E-state index contributed by atoms with van der Waals surface area (Å²) in [7, 11) is 0. The number of hydrogen-bond acceptors (Lipinski definition) is 4. The molecule has 21 heavy (non-hydrogen) atoms. The number of carboxylic acids is 1. The highest BCUT2D eigenvalue weighted by molar-refractivity contribution is 6.07. The summed E-state index contributed by atoms with van der Waals surface area (Å²) in [6.45, 7) is 0.469. The second-order valence-electron chi connectivity index (χ2n) is 4.70. The molecule has 0 atom stereocenters. The van der Waals surface area contributed by atoms with Gasteiger partial charge in [0.15, 0.2) is 0 Å². The van der Waals surface area contributed by atoms with Crippen LogP contribution in [-0.4, -0.2) is 23.5 Å². The molecule has 0 saturated heterocycles. The van der Waals surface area contributed by atoms with Gasteiger partial charge in [-0.15, -0.1) is 0 Å². The maximum atomic E-state index is 12.4. The van der Waals surface area contributed by atoms with Gasteiger partial charge in [-0.25, -0.2) is 9.59 Å². The minimum absolute atomic E-state index is 0.132. The Bertz CT molecular complexity index is 772. The van der Waals surface area contributed by atoms with Crippen molar-refractivity contribution >= 4 is 17.6 Å². The topological polar surface area (TPSA) is 87.8 Å². The highest BCUT2D eigenvalue weighted by Crippen LogP contribution is 2.30. The largest absolute Gasteiger partial charge is 0.478 e. The third-order valence-electron chi connectivity index (χ3n) is 3.42. The Labute approximate surface area is 119 Å². The van der Waals surface area contributed by atoms with Gasteiger partial charge in [-0.1, -0.05) is 6.07 Å². The van der Waals surface area contributed by atoms with E-state index in [0.29, 0.717) is 18.7 Å². The fraction of sp³-hybridized carbons (Fsp3) is 0.133. The summed E-state index contributed by atoms with van der Waals surface area (Å²) in [5.41, 5.74) is 1.37. The molecule has 6 heteroatoms. The molecule has 6 nitrogen and oxygen atoms in total. The summed E-state index contributed by atoms with van der Waals surface area (Å²) in [5, 5.41) is 9.04. The van der Waals surface area contributed by atoms with Crippen molar-refractivity contribution in [3.63, 3.8) is 0 Å². The van der Waals surface area contributed by atoms with Crippen LogP contribution in [0, 0.1) is 0 Å². The van der Waals surface area contributed by atoms with Crippen LogP contribution in [0.5, 0.6) is 0 Å². The van der Waals surface area contributed by atoms with Gasteiger partial charge in [0.1, 0.15) is 6.26 Å². The number of fused-ring (bicyclic) bond motifs is 1. The summed E-state index contributed by atoms with van der Waals surface area (Å²) in [6.07, 6.45) is 1.78. The SMILES string of the molecule is O=C(O)c1ccc2c(c1)N(C(=O)c1ccc(=O)oc1)CC2. The van der Waals surface area contributed by atoms with Crippen LogP contribution >= 0.6 is 0 Å². The van der Waals surface area contributed by atoms with Gasteiger partial charge in [-0.3, -0.25) is 4.79 Å². The van der Waals surface area contributed by atoms with Crippen LogP contribution in [0.15, 0.2) is 45.8 Å². The molecular formula is C15H11NO5. The molecule has 1 aliphatic rings. The number of amides is 1. The third-order valence-corrected chi connectivity index (χ3v) is 3.42. The number of nitrogens with zero attached hydrogens (tertiary/aromatic N) is 1. The highest BCUT2D eigenvalue weighted by Gasteiger charge is 2.26. The van der Waals surface area contributed by atoms with Crippen LogP contribution < -0.4 is 10.5 Å². The molecule has 1 aromatic carbocycles. The molecule has 2 heterocycles. The molecule has 106 valence electrons. The van der Waals surface area contributed by atoms with Crippen molar-refractivity contribution in [2.75, 3.05) is 11.4 Å². The lowest BCUT2D eigenvalue weighted by molar-refractivity contribution is 0.0696. The Morgan fingerprint density at radius 1 is 1.14 bits per heavy atom. The van der Waals surface area contributed by atoms with Gasteiger partial charge >= 0.3 is 11.6 Å². The molecule has 0 radical (unpaired) electrons. The van der Waals surface area contributed by atoms with E-state index in [4.69, 9.17) is 9.52 Å². The van der Waals surface area contributed by atoms with Crippen molar-refractivity contribution in [3.05, 3.63) is 63.7 Å². The number of rotatable bonds is 2. The number of carbonyl (C=O) groups excluding carboxylic acids is 1. The fourth-order valence-corrected chi connectivity index (χ4v) is 2.36. The second kappa shape index (κ2) is 4.90. The van der Waals surface area contributed by atoms with Gasteiger partial charge in [0.25, 0.3) is 5.91 Å². The van der Waals surface area contributed by atoms with E-state index >= 15 is 0 Å². The first kappa shape index (κ1) is 13.1. The number of anilines is 1. The lowest BCUT2D eigenvalue weighted by Gasteiger charge is -2.17. The molecule has 0 unspecified atom stereocenters. The highest BCUT2D eigenvalue weighted by atomic mass is 16.4. The second-order valence-corrected chi connectivity index (χ2v) is 4.70. The summed E-state index contributed by atoms with van der Waals surface area (Å²) >= 11 is 0. The van der Waals surface area contributed by atoms with Crippen LogP contribution in [-0.2, 0) is 6.42 Å². The third kappa shape index (κ3) is 2.31. The van der Waals surface area contributed by atoms with E-state index in [1.54, 1.807) is 6.07 Å². The summed E-state index contributed by atoms with van der Waals surface area (Å²) in [5.74, 6) is -1.36. The molecule has 3 rings (SSSR count). The minimum Gasteiger partial charge on any atom is -0.478 e. The zero-order valence-corrected chi connectivity index (χ0v) is 10.9. The van der Waals surface area contributed by atoms with E-state index in [-0.39, 0.29) is 17.0 Å². The number of carbonyl (C=O) groups is 2. The molecule has 0 saturated carbocycles. The van der Waals surface area contributed by atoms with Crippen LogP contribution in [0.3, 0.4) is 0 Å². The smallest absolute Gasteiger partial charge is 0.335 e. The number of aromatic carboxylic acids is 1. The Morgan fingerprint density at radius 3 is 2.57 bits per heavy atom. The average Bonchev–Trinajstić information content (AvgIpc) is 2.90. The predicted molar refractivity (Wildman–Crippen MR) is 73.8 cm³/mol. The zero-order chi connectivity index (χ0) is 15.0. The monoisotopic (exact) mass is 285 g/mol. The van der Waals surface area contributed by atoms with E-state index < -0.39 is 11.6 Å². The van der Waals surface area contributed by atoms with Crippen molar-refractivity contribution in [1.29, 1.82) is 0 Å². The van der Waals surface area contributed by atoms with Gasteiger partial charge < -0.3 is 14.4 Å². The fourth-order valence-electron chi connectivity index (χ4n) is 2.36. The van der Waals surface area contributed by atoms with Gasteiger partial charge in [0.05, 0.1) is 11.1 Å². The van der Waals surface area contributed by atoms with Crippen LogP contribution in [0.4, 0.5) is 5.69 Å². The standard InChI is InChI=1S/C15H11NO5/c17-13-4-3-11(8-21-13)14(18)16-6-5-9-1-2-10(15(19)20)7-12(9)16/h1-4,7-8H,5-6H2,(H,19,20). The van der Waals surface area contributed by atoms with E-state index in [2.05, 4.69) is 0 Å². The van der Waals surface area contributed by atoms with Crippen LogP contribution in [0.25, 0.3) is 0 Å². The molecule has 1 amide bonds. The molecule has 1 N–H and O–H groups in total. The first-order chi connectivity index (χ1) is 10.1. The van der Waals surface area contributed by atoms with Crippen molar-refractivity contribution < 1.29 is 19.1 Å².